The molecule has 4 rings (SSSR count). The van der Waals surface area contributed by atoms with Crippen LogP contribution in [0.25, 0.3) is 0 Å². The van der Waals surface area contributed by atoms with Gasteiger partial charge in [-0.05, 0) is 33.1 Å². The highest BCUT2D eigenvalue weighted by Crippen LogP contribution is 2.36. The fraction of sp³-hybridized carbons (Fsp3) is 0.632. The molecule has 1 N–H and O–H groups in total. The van der Waals surface area contributed by atoms with E-state index in [9.17, 15) is 0 Å². The summed E-state index contributed by atoms with van der Waals surface area (Å²) in [5.41, 5.74) is 2.18. The van der Waals surface area contributed by atoms with E-state index in [0.29, 0.717) is 0 Å². The number of rotatable bonds is 4. The van der Waals surface area contributed by atoms with Crippen molar-refractivity contribution < 1.29 is 4.74 Å². The molecule has 2 aromatic heterocycles. The van der Waals surface area contributed by atoms with Gasteiger partial charge >= 0.3 is 0 Å². The Hall–Kier alpha value is -2.15. The molecule has 0 bridgehead atoms. The number of aryl methyl sites for hydroxylation is 2. The molecule has 7 heteroatoms. The predicted molar refractivity (Wildman–Crippen MR) is 102 cm³/mol. The number of nitrogens with zero attached hydrogens (tertiary/aromatic N) is 5. The molecule has 2 aliphatic heterocycles. The lowest BCUT2D eigenvalue weighted by molar-refractivity contribution is 0.118. The van der Waals surface area contributed by atoms with E-state index in [1.807, 2.05) is 6.92 Å². The fourth-order valence-corrected chi connectivity index (χ4v) is 4.00. The van der Waals surface area contributed by atoms with Crippen LogP contribution in [-0.2, 0) is 4.74 Å². The molecule has 0 aromatic carbocycles. The third-order valence-corrected chi connectivity index (χ3v) is 5.67. The van der Waals surface area contributed by atoms with Gasteiger partial charge in [-0.2, -0.15) is 0 Å². The number of ether oxygens (including phenoxy) is 1. The molecule has 7 nitrogen and oxygen atoms in total. The second-order valence-electron chi connectivity index (χ2n) is 7.38. The maximum atomic E-state index is 5.66. The van der Waals surface area contributed by atoms with Crippen LogP contribution in [-0.4, -0.2) is 52.8 Å². The van der Waals surface area contributed by atoms with Gasteiger partial charge < -0.3 is 19.5 Å². The van der Waals surface area contributed by atoms with Gasteiger partial charge in [0.1, 0.15) is 23.8 Å². The van der Waals surface area contributed by atoms with Crippen LogP contribution in [0.5, 0.6) is 0 Å². The summed E-state index contributed by atoms with van der Waals surface area (Å²) in [4.78, 5) is 22.0. The average Bonchev–Trinajstić information content (AvgIpc) is 3.26. The third-order valence-electron chi connectivity index (χ3n) is 5.67. The van der Waals surface area contributed by atoms with Crippen molar-refractivity contribution in [2.45, 2.75) is 51.7 Å². The Morgan fingerprint density at radius 3 is 2.58 bits per heavy atom. The molecule has 2 saturated heterocycles. The van der Waals surface area contributed by atoms with Crippen LogP contribution < -0.4 is 9.80 Å². The molecule has 0 aliphatic carbocycles. The zero-order valence-corrected chi connectivity index (χ0v) is 15.9. The molecule has 2 aliphatic rings. The van der Waals surface area contributed by atoms with Gasteiger partial charge in [0.25, 0.3) is 0 Å². The van der Waals surface area contributed by atoms with E-state index in [1.165, 1.54) is 19.3 Å². The molecule has 140 valence electrons. The van der Waals surface area contributed by atoms with Gasteiger partial charge in [0.15, 0.2) is 0 Å². The number of imidazole rings is 1. The lowest BCUT2D eigenvalue weighted by Gasteiger charge is -2.29. The highest BCUT2D eigenvalue weighted by atomic mass is 16.5. The minimum absolute atomic E-state index is 0.149. The third kappa shape index (κ3) is 3.28. The normalized spacial score (nSPS) is 23.7. The molecule has 0 saturated carbocycles. The van der Waals surface area contributed by atoms with Crippen LogP contribution >= 0.6 is 0 Å². The molecule has 2 aromatic rings. The molecule has 2 fully saturated rings. The van der Waals surface area contributed by atoms with Crippen LogP contribution in [0, 0.1) is 13.8 Å². The lowest BCUT2D eigenvalue weighted by atomic mass is 10.1. The van der Waals surface area contributed by atoms with Gasteiger partial charge in [0.05, 0.1) is 17.8 Å². The Kier molecular flexibility index (Phi) is 4.80. The summed E-state index contributed by atoms with van der Waals surface area (Å²) in [5, 5.41) is 0. The van der Waals surface area contributed by atoms with E-state index in [1.54, 1.807) is 13.4 Å². The van der Waals surface area contributed by atoms with Crippen molar-refractivity contribution in [3.63, 3.8) is 0 Å². The van der Waals surface area contributed by atoms with Crippen LogP contribution in [0.4, 0.5) is 11.6 Å². The van der Waals surface area contributed by atoms with E-state index in [0.717, 1.165) is 54.9 Å². The topological polar surface area (TPSA) is 70.2 Å². The number of methoxy groups -OCH3 is 1. The van der Waals surface area contributed by atoms with Crippen LogP contribution in [0.15, 0.2) is 12.4 Å². The van der Waals surface area contributed by atoms with Crippen LogP contribution in [0.3, 0.4) is 0 Å². The zero-order valence-electron chi connectivity index (χ0n) is 15.9. The maximum absolute atomic E-state index is 5.66. The molecule has 4 heterocycles. The summed E-state index contributed by atoms with van der Waals surface area (Å²) in [5.74, 6) is 2.98. The first-order chi connectivity index (χ1) is 12.7. The van der Waals surface area contributed by atoms with Gasteiger partial charge in [0, 0.05) is 44.9 Å². The van der Waals surface area contributed by atoms with Gasteiger partial charge in [-0.25, -0.2) is 15.0 Å². The quantitative estimate of drug-likeness (QED) is 0.908. The first-order valence-corrected chi connectivity index (χ1v) is 9.55. The largest absolute Gasteiger partial charge is 0.380 e. The molecular formula is C19H28N6O. The van der Waals surface area contributed by atoms with Gasteiger partial charge in [-0.15, -0.1) is 0 Å². The summed E-state index contributed by atoms with van der Waals surface area (Å²) < 4.78 is 5.66. The van der Waals surface area contributed by atoms with Crippen molar-refractivity contribution in [3.8, 4) is 0 Å². The molecule has 0 radical (unpaired) electrons. The SMILES string of the molecule is CO[C@@H]1C[C@@H](c2nc(C)c(C)[nH]2)N(c2cc(N3CCCCC3)ncn2)C1. The molecular weight excluding hydrogens is 328 g/mol. The van der Waals surface area contributed by atoms with Crippen molar-refractivity contribution in [2.24, 2.45) is 0 Å². The number of hydrogen-bond donors (Lipinski definition) is 1. The summed E-state index contributed by atoms with van der Waals surface area (Å²) in [6.45, 7) is 7.09. The summed E-state index contributed by atoms with van der Waals surface area (Å²) >= 11 is 0. The van der Waals surface area contributed by atoms with Gasteiger partial charge in [0.2, 0.25) is 0 Å². The standard InChI is InChI=1S/C19H28N6O/c1-13-14(2)23-19(22-13)16-9-15(26-3)11-25(16)18-10-17(20-12-21-18)24-7-5-4-6-8-24/h10,12,15-16H,4-9,11H2,1-3H3,(H,22,23)/t15-,16+/m1/s1. The Morgan fingerprint density at radius 1 is 1.12 bits per heavy atom. The van der Waals surface area contributed by atoms with Gasteiger partial charge in [-0.1, -0.05) is 0 Å². The second-order valence-corrected chi connectivity index (χ2v) is 7.38. The zero-order chi connectivity index (χ0) is 18.1. The number of aromatic amines is 1. The fourth-order valence-electron chi connectivity index (χ4n) is 4.00. The number of anilines is 2. The van der Waals surface area contributed by atoms with E-state index >= 15 is 0 Å². The van der Waals surface area contributed by atoms with E-state index < -0.39 is 0 Å². The number of nitrogens with one attached hydrogen (secondary N) is 1. The van der Waals surface area contributed by atoms with Crippen molar-refractivity contribution in [2.75, 3.05) is 36.5 Å². The lowest BCUT2D eigenvalue weighted by Crippen LogP contribution is -2.31. The van der Waals surface area contributed by atoms with Crippen molar-refractivity contribution in [1.82, 2.24) is 19.9 Å². The molecule has 0 unspecified atom stereocenters. The van der Waals surface area contributed by atoms with Crippen molar-refractivity contribution >= 4 is 11.6 Å². The summed E-state index contributed by atoms with van der Waals surface area (Å²) in [6, 6.07) is 2.27. The molecule has 0 amide bonds. The highest BCUT2D eigenvalue weighted by molar-refractivity contribution is 5.52. The highest BCUT2D eigenvalue weighted by Gasteiger charge is 2.36. The van der Waals surface area contributed by atoms with Crippen molar-refractivity contribution in [1.29, 1.82) is 0 Å². The number of piperidine rings is 1. The minimum Gasteiger partial charge on any atom is -0.380 e. The van der Waals surface area contributed by atoms with E-state index in [-0.39, 0.29) is 12.1 Å². The Morgan fingerprint density at radius 2 is 1.88 bits per heavy atom. The summed E-state index contributed by atoms with van der Waals surface area (Å²) in [7, 11) is 1.78. The Balaban J connectivity index is 1.63. The first kappa shape index (κ1) is 17.3. The smallest absolute Gasteiger partial charge is 0.134 e. The maximum Gasteiger partial charge on any atom is 0.134 e. The average molecular weight is 356 g/mol. The van der Waals surface area contributed by atoms with Crippen LogP contribution in [0.2, 0.25) is 0 Å². The number of H-pyrrole nitrogens is 1. The number of hydrogen-bond acceptors (Lipinski definition) is 6. The summed E-state index contributed by atoms with van der Waals surface area (Å²) in [6.07, 6.45) is 6.57. The van der Waals surface area contributed by atoms with Crippen molar-refractivity contribution in [3.05, 3.63) is 29.6 Å². The molecule has 0 spiro atoms. The molecule has 2 atom stereocenters. The van der Waals surface area contributed by atoms with E-state index in [4.69, 9.17) is 9.72 Å². The monoisotopic (exact) mass is 356 g/mol. The second kappa shape index (κ2) is 7.23. The minimum atomic E-state index is 0.149. The number of aromatic nitrogens is 4. The Bertz CT molecular complexity index is 735. The predicted octanol–water partition coefficient (Wildman–Crippen LogP) is 2.77. The Labute approximate surface area is 154 Å². The van der Waals surface area contributed by atoms with E-state index in [2.05, 4.69) is 37.7 Å². The van der Waals surface area contributed by atoms with Gasteiger partial charge in [-0.3, -0.25) is 0 Å². The molecule has 26 heavy (non-hydrogen) atoms. The first-order valence-electron chi connectivity index (χ1n) is 9.55. The van der Waals surface area contributed by atoms with Crippen LogP contribution in [0.1, 0.15) is 48.9 Å².